The van der Waals surface area contributed by atoms with Crippen molar-refractivity contribution in [1.29, 1.82) is 0 Å². The molecular weight excluding hydrogens is 252 g/mol. The van der Waals surface area contributed by atoms with Gasteiger partial charge >= 0.3 is 0 Å². The van der Waals surface area contributed by atoms with Gasteiger partial charge in [0.25, 0.3) is 0 Å². The molecule has 0 aliphatic carbocycles. The Morgan fingerprint density at radius 1 is 1.15 bits per heavy atom. The fourth-order valence-corrected chi connectivity index (χ4v) is 2.05. The van der Waals surface area contributed by atoms with Gasteiger partial charge in [0.2, 0.25) is 0 Å². The summed E-state index contributed by atoms with van der Waals surface area (Å²) in [7, 11) is 0. The van der Waals surface area contributed by atoms with E-state index in [-0.39, 0.29) is 5.75 Å². The molecule has 0 fully saturated rings. The Hall–Kier alpha value is -2.69. The molecule has 0 bridgehead atoms. The molecule has 0 unspecified atom stereocenters. The normalized spacial score (nSPS) is 10.7. The number of phenols is 1. The molecule has 5 nitrogen and oxygen atoms in total. The van der Waals surface area contributed by atoms with Gasteiger partial charge in [-0.25, -0.2) is 4.98 Å². The Bertz CT molecular complexity index is 764. The molecule has 5 heteroatoms. The number of aromatic nitrogens is 4. The second-order valence-corrected chi connectivity index (χ2v) is 4.70. The predicted molar refractivity (Wildman–Crippen MR) is 76.2 cm³/mol. The summed E-state index contributed by atoms with van der Waals surface area (Å²) in [6.45, 7) is 3.92. The predicted octanol–water partition coefficient (Wildman–Crippen LogP) is 2.86. The van der Waals surface area contributed by atoms with E-state index in [0.717, 1.165) is 16.8 Å². The number of rotatable bonds is 2. The maximum absolute atomic E-state index is 9.91. The Kier molecular flexibility index (Phi) is 2.95. The van der Waals surface area contributed by atoms with Gasteiger partial charge in [-0.3, -0.25) is 10.1 Å². The highest BCUT2D eigenvalue weighted by atomic mass is 16.3. The minimum Gasteiger partial charge on any atom is -0.507 e. The van der Waals surface area contributed by atoms with Crippen LogP contribution in [0, 0.1) is 13.8 Å². The van der Waals surface area contributed by atoms with E-state index < -0.39 is 0 Å². The van der Waals surface area contributed by atoms with E-state index in [4.69, 9.17) is 0 Å². The summed E-state index contributed by atoms with van der Waals surface area (Å²) >= 11 is 0. The van der Waals surface area contributed by atoms with E-state index in [1.165, 1.54) is 0 Å². The molecule has 3 aromatic rings. The average Bonchev–Trinajstić information content (AvgIpc) is 2.91. The maximum Gasteiger partial charge on any atom is 0.185 e. The van der Waals surface area contributed by atoms with Crippen molar-refractivity contribution < 1.29 is 5.11 Å². The lowest BCUT2D eigenvalue weighted by molar-refractivity contribution is 0.477. The van der Waals surface area contributed by atoms with Crippen molar-refractivity contribution in [3.8, 4) is 28.7 Å². The number of benzene rings is 1. The molecule has 0 amide bonds. The lowest BCUT2D eigenvalue weighted by Crippen LogP contribution is -1.89. The summed E-state index contributed by atoms with van der Waals surface area (Å²) in [6.07, 6.45) is 1.72. The maximum atomic E-state index is 9.91. The quantitative estimate of drug-likeness (QED) is 0.748. The molecule has 0 radical (unpaired) electrons. The van der Waals surface area contributed by atoms with Crippen molar-refractivity contribution in [2.45, 2.75) is 13.8 Å². The molecule has 3 rings (SSSR count). The van der Waals surface area contributed by atoms with Gasteiger partial charge in [-0.15, -0.1) is 0 Å². The molecule has 1 aromatic carbocycles. The van der Waals surface area contributed by atoms with E-state index in [1.54, 1.807) is 12.3 Å². The van der Waals surface area contributed by atoms with Gasteiger partial charge in [-0.05, 0) is 37.6 Å². The fourth-order valence-electron chi connectivity index (χ4n) is 2.05. The van der Waals surface area contributed by atoms with Crippen LogP contribution in [0.15, 0.2) is 36.5 Å². The lowest BCUT2D eigenvalue weighted by Gasteiger charge is -2.01. The van der Waals surface area contributed by atoms with Crippen molar-refractivity contribution in [1.82, 2.24) is 20.2 Å². The Morgan fingerprint density at radius 2 is 2.00 bits per heavy atom. The van der Waals surface area contributed by atoms with Crippen molar-refractivity contribution >= 4 is 0 Å². The zero-order valence-electron chi connectivity index (χ0n) is 11.3. The largest absolute Gasteiger partial charge is 0.507 e. The standard InChI is InChI=1S/C15H14N4O/c1-9-5-6-12(20)11(8-9)14-17-15(19-18-14)13-10(2)4-3-7-16-13/h3-8,20H,1-2H3,(H,17,18,19). The average molecular weight is 266 g/mol. The summed E-state index contributed by atoms with van der Waals surface area (Å²) in [4.78, 5) is 8.72. The van der Waals surface area contributed by atoms with Gasteiger partial charge in [0, 0.05) is 6.20 Å². The third-order valence-corrected chi connectivity index (χ3v) is 3.11. The van der Waals surface area contributed by atoms with Gasteiger partial charge in [0.1, 0.15) is 11.4 Å². The number of pyridine rings is 1. The van der Waals surface area contributed by atoms with Crippen molar-refractivity contribution in [2.75, 3.05) is 0 Å². The second-order valence-electron chi connectivity index (χ2n) is 4.70. The third-order valence-electron chi connectivity index (χ3n) is 3.11. The van der Waals surface area contributed by atoms with E-state index in [9.17, 15) is 5.11 Å². The molecule has 2 aromatic heterocycles. The van der Waals surface area contributed by atoms with E-state index in [2.05, 4.69) is 20.2 Å². The minimum atomic E-state index is 0.166. The van der Waals surface area contributed by atoms with E-state index >= 15 is 0 Å². The second kappa shape index (κ2) is 4.77. The fraction of sp³-hybridized carbons (Fsp3) is 0.133. The van der Waals surface area contributed by atoms with Crippen LogP contribution in [0.1, 0.15) is 11.1 Å². The monoisotopic (exact) mass is 266 g/mol. The van der Waals surface area contributed by atoms with Gasteiger partial charge < -0.3 is 5.11 Å². The van der Waals surface area contributed by atoms with Crippen molar-refractivity contribution in [3.05, 3.63) is 47.7 Å². The molecule has 20 heavy (non-hydrogen) atoms. The molecule has 100 valence electrons. The number of aryl methyl sites for hydroxylation is 2. The van der Waals surface area contributed by atoms with Crippen LogP contribution in [-0.2, 0) is 0 Å². The smallest absolute Gasteiger partial charge is 0.185 e. The molecule has 0 aliphatic rings. The number of aromatic hydroxyl groups is 1. The Labute approximate surface area is 116 Å². The summed E-state index contributed by atoms with van der Waals surface area (Å²) in [5.41, 5.74) is 3.43. The molecule has 2 heterocycles. The molecule has 0 spiro atoms. The first-order valence-electron chi connectivity index (χ1n) is 6.29. The van der Waals surface area contributed by atoms with Crippen LogP contribution in [0.4, 0.5) is 0 Å². The zero-order chi connectivity index (χ0) is 14.1. The SMILES string of the molecule is Cc1ccc(O)c(-c2n[nH]c(-c3ncccc3C)n2)c1. The number of nitrogens with one attached hydrogen (secondary N) is 1. The van der Waals surface area contributed by atoms with Crippen LogP contribution in [-0.4, -0.2) is 25.3 Å². The van der Waals surface area contributed by atoms with Crippen molar-refractivity contribution in [2.24, 2.45) is 0 Å². The first-order chi connectivity index (χ1) is 9.65. The molecule has 0 atom stereocenters. The topological polar surface area (TPSA) is 74.7 Å². The van der Waals surface area contributed by atoms with Crippen LogP contribution in [0.25, 0.3) is 22.9 Å². The van der Waals surface area contributed by atoms with Gasteiger partial charge in [-0.1, -0.05) is 17.7 Å². The number of hydrogen-bond donors (Lipinski definition) is 2. The summed E-state index contributed by atoms with van der Waals surface area (Å²) < 4.78 is 0. The van der Waals surface area contributed by atoms with E-state index in [1.807, 2.05) is 38.1 Å². The molecule has 0 saturated carbocycles. The first-order valence-corrected chi connectivity index (χ1v) is 6.29. The number of nitrogens with zero attached hydrogens (tertiary/aromatic N) is 3. The number of H-pyrrole nitrogens is 1. The summed E-state index contributed by atoms with van der Waals surface area (Å²) in [5.74, 6) is 1.23. The van der Waals surface area contributed by atoms with E-state index in [0.29, 0.717) is 17.2 Å². The van der Waals surface area contributed by atoms with Crippen LogP contribution in [0.2, 0.25) is 0 Å². The summed E-state index contributed by atoms with van der Waals surface area (Å²) in [6, 6.07) is 9.19. The van der Waals surface area contributed by atoms with Crippen molar-refractivity contribution in [3.63, 3.8) is 0 Å². The molecule has 0 saturated heterocycles. The van der Waals surface area contributed by atoms with Crippen LogP contribution >= 0.6 is 0 Å². The summed E-state index contributed by atoms with van der Waals surface area (Å²) in [5, 5.41) is 17.0. The van der Waals surface area contributed by atoms with Gasteiger partial charge in [0.15, 0.2) is 11.6 Å². The Morgan fingerprint density at radius 3 is 2.80 bits per heavy atom. The minimum absolute atomic E-state index is 0.166. The lowest BCUT2D eigenvalue weighted by atomic mass is 10.1. The Balaban J connectivity index is 2.07. The number of hydrogen-bond acceptors (Lipinski definition) is 4. The molecule has 2 N–H and O–H groups in total. The van der Waals surface area contributed by atoms with Gasteiger partial charge in [-0.2, -0.15) is 5.10 Å². The number of aromatic amines is 1. The van der Waals surface area contributed by atoms with Crippen LogP contribution in [0.3, 0.4) is 0 Å². The first kappa shape index (κ1) is 12.3. The molecular formula is C15H14N4O. The highest BCUT2D eigenvalue weighted by Crippen LogP contribution is 2.28. The third kappa shape index (κ3) is 2.14. The zero-order valence-corrected chi connectivity index (χ0v) is 11.3. The highest BCUT2D eigenvalue weighted by molar-refractivity contribution is 5.66. The van der Waals surface area contributed by atoms with Crippen LogP contribution in [0.5, 0.6) is 5.75 Å². The highest BCUT2D eigenvalue weighted by Gasteiger charge is 2.13. The molecule has 0 aliphatic heterocycles. The van der Waals surface area contributed by atoms with Crippen LogP contribution < -0.4 is 0 Å². The number of phenolic OH excluding ortho intramolecular Hbond substituents is 1. The van der Waals surface area contributed by atoms with Gasteiger partial charge in [0.05, 0.1) is 5.56 Å².